The highest BCUT2D eigenvalue weighted by molar-refractivity contribution is 9.10. The van der Waals surface area contributed by atoms with Gasteiger partial charge in [0.25, 0.3) is 0 Å². The fourth-order valence-electron chi connectivity index (χ4n) is 4.88. The molecule has 5 rings (SSSR count). The Morgan fingerprint density at radius 3 is 2.34 bits per heavy atom. The average molecular weight is 490 g/mol. The summed E-state index contributed by atoms with van der Waals surface area (Å²) in [5.74, 6) is 0.346. The molecule has 0 aromatic heterocycles. The molecule has 4 nitrogen and oxygen atoms in total. The van der Waals surface area contributed by atoms with Gasteiger partial charge < -0.3 is 5.11 Å². The van der Waals surface area contributed by atoms with Gasteiger partial charge in [0.05, 0.1) is 0 Å². The monoisotopic (exact) mass is 489 g/mol. The van der Waals surface area contributed by atoms with E-state index in [2.05, 4.69) is 80.7 Å². The van der Waals surface area contributed by atoms with Crippen LogP contribution in [0.3, 0.4) is 0 Å². The number of nitrogens with zero attached hydrogens (tertiary/aromatic N) is 2. The number of hydrogen-bond donors (Lipinski definition) is 2. The zero-order chi connectivity index (χ0) is 22.0. The first-order valence-corrected chi connectivity index (χ1v) is 12.1. The highest BCUT2D eigenvalue weighted by atomic mass is 79.9. The Morgan fingerprint density at radius 2 is 1.62 bits per heavy atom. The van der Waals surface area contributed by atoms with E-state index < -0.39 is 0 Å². The highest BCUT2D eigenvalue weighted by Crippen LogP contribution is 2.37. The van der Waals surface area contributed by atoms with Crippen molar-refractivity contribution in [1.82, 2.24) is 10.2 Å². The molecule has 164 valence electrons. The standard InChI is InChI=1S/C27H28BrN3O/c28-22-12-10-21(11-13-22)24-18-25(23-8-4-5-9-26(23)32)30-27(29-24)14-16-31(17-15-27)19-20-6-2-1-3-7-20/h1-13,25,30,32H,14-19H2/t25-/m1/s1. The third kappa shape index (κ3) is 4.65. The van der Waals surface area contributed by atoms with Gasteiger partial charge in [-0.1, -0.05) is 76.6 Å². The van der Waals surface area contributed by atoms with Crippen molar-refractivity contribution in [3.8, 4) is 5.75 Å². The molecule has 0 aliphatic carbocycles. The summed E-state index contributed by atoms with van der Waals surface area (Å²) < 4.78 is 1.07. The van der Waals surface area contributed by atoms with Crippen LogP contribution in [0.4, 0.5) is 0 Å². The average Bonchev–Trinajstić information content (AvgIpc) is 2.82. The number of halogens is 1. The van der Waals surface area contributed by atoms with Gasteiger partial charge in [-0.2, -0.15) is 0 Å². The van der Waals surface area contributed by atoms with Crippen LogP contribution in [-0.2, 0) is 6.54 Å². The molecule has 32 heavy (non-hydrogen) atoms. The summed E-state index contributed by atoms with van der Waals surface area (Å²) in [5.41, 5.74) is 4.26. The van der Waals surface area contributed by atoms with Crippen molar-refractivity contribution in [1.29, 1.82) is 0 Å². The smallest absolute Gasteiger partial charge is 0.120 e. The molecule has 1 atom stereocenters. The molecule has 2 heterocycles. The molecule has 0 bridgehead atoms. The molecule has 1 spiro atoms. The van der Waals surface area contributed by atoms with Gasteiger partial charge in [-0.05, 0) is 42.2 Å². The van der Waals surface area contributed by atoms with E-state index in [1.54, 1.807) is 6.07 Å². The molecule has 0 radical (unpaired) electrons. The highest BCUT2D eigenvalue weighted by Gasteiger charge is 2.40. The second kappa shape index (κ2) is 9.18. The first-order valence-electron chi connectivity index (χ1n) is 11.3. The third-order valence-electron chi connectivity index (χ3n) is 6.61. The van der Waals surface area contributed by atoms with Crippen LogP contribution in [0.1, 0.15) is 42.0 Å². The minimum Gasteiger partial charge on any atom is -0.508 e. The summed E-state index contributed by atoms with van der Waals surface area (Å²) >= 11 is 3.54. The quantitative estimate of drug-likeness (QED) is 0.496. The van der Waals surface area contributed by atoms with Crippen molar-refractivity contribution in [3.63, 3.8) is 0 Å². The van der Waals surface area contributed by atoms with Gasteiger partial charge in [0.1, 0.15) is 11.4 Å². The van der Waals surface area contributed by atoms with Gasteiger partial charge in [-0.15, -0.1) is 0 Å². The largest absolute Gasteiger partial charge is 0.508 e. The number of aliphatic imine (C=N–C) groups is 1. The summed E-state index contributed by atoms with van der Waals surface area (Å²) in [5, 5.41) is 14.4. The number of likely N-dealkylation sites (tertiary alicyclic amines) is 1. The normalized spacial score (nSPS) is 20.8. The number of hydrogen-bond acceptors (Lipinski definition) is 4. The van der Waals surface area contributed by atoms with Crippen LogP contribution in [0, 0.1) is 0 Å². The van der Waals surface area contributed by atoms with Gasteiger partial charge in [-0.3, -0.25) is 15.2 Å². The zero-order valence-corrected chi connectivity index (χ0v) is 19.6. The summed E-state index contributed by atoms with van der Waals surface area (Å²) in [7, 11) is 0. The minimum atomic E-state index is -0.305. The van der Waals surface area contributed by atoms with Crippen molar-refractivity contribution >= 4 is 21.6 Å². The Hall–Kier alpha value is -2.47. The Kier molecular flexibility index (Phi) is 6.13. The van der Waals surface area contributed by atoms with Crippen LogP contribution in [-0.4, -0.2) is 34.5 Å². The molecule has 2 aliphatic heterocycles. The molecule has 0 unspecified atom stereocenters. The SMILES string of the molecule is Oc1ccccc1[C@H]1CC(c2ccc(Br)cc2)=NC2(CCN(Cc3ccccc3)CC2)N1. The molecular weight excluding hydrogens is 462 g/mol. The van der Waals surface area contributed by atoms with Gasteiger partial charge in [-0.25, -0.2) is 0 Å². The van der Waals surface area contributed by atoms with Crippen LogP contribution in [0.25, 0.3) is 0 Å². The molecular formula is C27H28BrN3O. The number of benzene rings is 3. The van der Waals surface area contributed by atoms with Gasteiger partial charge >= 0.3 is 0 Å². The van der Waals surface area contributed by atoms with Crippen molar-refractivity contribution in [3.05, 3.63) is 100 Å². The molecule has 2 N–H and O–H groups in total. The number of para-hydroxylation sites is 1. The molecule has 1 saturated heterocycles. The van der Waals surface area contributed by atoms with E-state index in [-0.39, 0.29) is 11.7 Å². The fourth-order valence-corrected chi connectivity index (χ4v) is 5.14. The molecule has 0 saturated carbocycles. The number of piperidine rings is 1. The second-order valence-electron chi connectivity index (χ2n) is 8.82. The molecule has 1 fully saturated rings. The van der Waals surface area contributed by atoms with Crippen LogP contribution >= 0.6 is 15.9 Å². The predicted molar refractivity (Wildman–Crippen MR) is 133 cm³/mol. The lowest BCUT2D eigenvalue weighted by Gasteiger charge is -2.45. The maximum atomic E-state index is 10.6. The topological polar surface area (TPSA) is 47.9 Å². The van der Waals surface area contributed by atoms with Gasteiger partial charge in [0.2, 0.25) is 0 Å². The van der Waals surface area contributed by atoms with E-state index in [0.29, 0.717) is 5.75 Å². The lowest BCUT2D eigenvalue weighted by atomic mass is 9.87. The van der Waals surface area contributed by atoms with E-state index in [1.165, 1.54) is 5.56 Å². The van der Waals surface area contributed by atoms with E-state index in [4.69, 9.17) is 4.99 Å². The van der Waals surface area contributed by atoms with Crippen molar-refractivity contribution in [2.45, 2.75) is 37.5 Å². The first kappa shape index (κ1) is 21.4. The Balaban J connectivity index is 1.41. The summed E-state index contributed by atoms with van der Waals surface area (Å²) in [6, 6.07) is 26.8. The Labute approximate surface area is 198 Å². The fraction of sp³-hybridized carbons (Fsp3) is 0.296. The first-order chi connectivity index (χ1) is 15.6. The number of aromatic hydroxyl groups is 1. The van der Waals surface area contributed by atoms with E-state index in [0.717, 1.165) is 60.2 Å². The Morgan fingerprint density at radius 1 is 0.938 bits per heavy atom. The summed E-state index contributed by atoms with van der Waals surface area (Å²) in [6.45, 7) is 2.96. The summed E-state index contributed by atoms with van der Waals surface area (Å²) in [4.78, 5) is 7.82. The van der Waals surface area contributed by atoms with E-state index in [1.807, 2.05) is 18.2 Å². The predicted octanol–water partition coefficient (Wildman–Crippen LogP) is 5.67. The number of phenolic OH excluding ortho intramolecular Hbond substituents is 1. The van der Waals surface area contributed by atoms with Crippen molar-refractivity contribution < 1.29 is 5.11 Å². The zero-order valence-electron chi connectivity index (χ0n) is 18.0. The minimum absolute atomic E-state index is 0.0352. The maximum Gasteiger partial charge on any atom is 0.120 e. The lowest BCUT2D eigenvalue weighted by molar-refractivity contribution is 0.120. The second-order valence-corrected chi connectivity index (χ2v) is 9.73. The maximum absolute atomic E-state index is 10.6. The van der Waals surface area contributed by atoms with Crippen molar-refractivity contribution in [2.24, 2.45) is 4.99 Å². The number of phenols is 1. The van der Waals surface area contributed by atoms with Crippen molar-refractivity contribution in [2.75, 3.05) is 13.1 Å². The molecule has 3 aromatic rings. The number of rotatable bonds is 4. The van der Waals surface area contributed by atoms with Crippen LogP contribution in [0.5, 0.6) is 5.75 Å². The van der Waals surface area contributed by atoms with Gasteiger partial charge in [0, 0.05) is 47.8 Å². The molecule has 0 amide bonds. The van der Waals surface area contributed by atoms with E-state index >= 15 is 0 Å². The van der Waals surface area contributed by atoms with E-state index in [9.17, 15) is 5.11 Å². The molecule has 2 aliphatic rings. The van der Waals surface area contributed by atoms with Gasteiger partial charge in [0.15, 0.2) is 0 Å². The molecule has 3 aromatic carbocycles. The third-order valence-corrected chi connectivity index (χ3v) is 7.14. The van der Waals surface area contributed by atoms with Crippen LogP contribution < -0.4 is 5.32 Å². The number of nitrogens with one attached hydrogen (secondary N) is 1. The van der Waals surface area contributed by atoms with Crippen LogP contribution in [0.15, 0.2) is 88.3 Å². The van der Waals surface area contributed by atoms with Crippen LogP contribution in [0.2, 0.25) is 0 Å². The summed E-state index contributed by atoms with van der Waals surface area (Å²) in [6.07, 6.45) is 2.66. The Bertz CT molecular complexity index is 1090. The molecule has 5 heteroatoms. The lowest BCUT2D eigenvalue weighted by Crippen LogP contribution is -2.55.